The molecule has 1 saturated heterocycles. The van der Waals surface area contributed by atoms with E-state index < -0.39 is 5.97 Å². The van der Waals surface area contributed by atoms with E-state index in [1.165, 1.54) is 0 Å². The topological polar surface area (TPSA) is 87.5 Å². The highest BCUT2D eigenvalue weighted by Crippen LogP contribution is 2.28. The highest BCUT2D eigenvalue weighted by molar-refractivity contribution is 5.89. The van der Waals surface area contributed by atoms with Gasteiger partial charge in [0.05, 0.1) is 17.3 Å². The minimum Gasteiger partial charge on any atom is -0.481 e. The van der Waals surface area contributed by atoms with Crippen LogP contribution in [0.1, 0.15) is 44.9 Å². The maximum atomic E-state index is 12.8. The summed E-state index contributed by atoms with van der Waals surface area (Å²) in [6.07, 6.45) is 0.958. The second kappa shape index (κ2) is 7.66. The van der Waals surface area contributed by atoms with Crippen LogP contribution in [0.15, 0.2) is 30.3 Å². The molecule has 3 rings (SSSR count). The Labute approximate surface area is 165 Å². The Kier molecular flexibility index (Phi) is 5.45. The number of rotatable bonds is 3. The van der Waals surface area contributed by atoms with Gasteiger partial charge in [0, 0.05) is 24.6 Å². The van der Waals surface area contributed by atoms with Crippen LogP contribution in [0.4, 0.5) is 10.6 Å². The molecule has 0 saturated carbocycles. The van der Waals surface area contributed by atoms with Gasteiger partial charge >= 0.3 is 12.0 Å². The molecule has 0 radical (unpaired) electrons. The van der Waals surface area contributed by atoms with Gasteiger partial charge in [0.25, 0.3) is 0 Å². The van der Waals surface area contributed by atoms with E-state index in [2.05, 4.69) is 26.1 Å². The summed E-state index contributed by atoms with van der Waals surface area (Å²) >= 11 is 0. The Balaban J connectivity index is 1.85. The maximum Gasteiger partial charge on any atom is 0.323 e. The number of hydrogen-bond donors (Lipinski definition) is 2. The number of carboxylic acids is 1. The van der Waals surface area contributed by atoms with Gasteiger partial charge in [-0.1, -0.05) is 39.0 Å². The van der Waals surface area contributed by atoms with Crippen LogP contribution in [0.3, 0.4) is 0 Å². The van der Waals surface area contributed by atoms with Crippen LogP contribution in [-0.2, 0) is 10.2 Å². The zero-order chi connectivity index (χ0) is 20.5. The number of anilines is 1. The van der Waals surface area contributed by atoms with Gasteiger partial charge in [-0.3, -0.25) is 10.1 Å². The number of piperidine rings is 1. The first-order valence-corrected chi connectivity index (χ1v) is 9.62. The van der Waals surface area contributed by atoms with Crippen LogP contribution in [-0.4, -0.2) is 44.9 Å². The molecule has 2 amide bonds. The quantitative estimate of drug-likeness (QED) is 0.842. The van der Waals surface area contributed by atoms with E-state index in [0.717, 1.165) is 16.9 Å². The number of aryl methyl sites for hydroxylation is 1. The smallest absolute Gasteiger partial charge is 0.323 e. The minimum atomic E-state index is -0.785. The molecule has 2 N–H and O–H groups in total. The van der Waals surface area contributed by atoms with Crippen LogP contribution in [0.2, 0.25) is 0 Å². The SMILES string of the molecule is Cc1ccccc1-n1nc(C(C)(C)C)cc1NC(=O)N1CCC(C(=O)O)CC1. The number of nitrogens with zero attached hydrogens (tertiary/aromatic N) is 3. The minimum absolute atomic E-state index is 0.159. The van der Waals surface area contributed by atoms with Gasteiger partial charge in [-0.05, 0) is 31.4 Å². The molecule has 1 aliphatic heterocycles. The van der Waals surface area contributed by atoms with Crippen molar-refractivity contribution in [1.29, 1.82) is 0 Å². The van der Waals surface area contributed by atoms with Crippen LogP contribution in [0, 0.1) is 12.8 Å². The molecular formula is C21H28N4O3. The van der Waals surface area contributed by atoms with Crippen LogP contribution >= 0.6 is 0 Å². The van der Waals surface area contributed by atoms with Crippen LogP contribution in [0.25, 0.3) is 5.69 Å². The molecule has 28 heavy (non-hydrogen) atoms. The zero-order valence-corrected chi connectivity index (χ0v) is 16.9. The summed E-state index contributed by atoms with van der Waals surface area (Å²) < 4.78 is 1.78. The first kappa shape index (κ1) is 19.9. The fourth-order valence-corrected chi connectivity index (χ4v) is 3.34. The molecule has 1 aromatic carbocycles. The number of aromatic nitrogens is 2. The van der Waals surface area contributed by atoms with Gasteiger partial charge in [-0.15, -0.1) is 0 Å². The largest absolute Gasteiger partial charge is 0.481 e. The lowest BCUT2D eigenvalue weighted by Crippen LogP contribution is -2.42. The number of carboxylic acid groups (broad SMARTS) is 1. The average molecular weight is 384 g/mol. The van der Waals surface area contributed by atoms with Gasteiger partial charge in [0.2, 0.25) is 0 Å². The summed E-state index contributed by atoms with van der Waals surface area (Å²) in [5.41, 5.74) is 2.70. The molecule has 1 aromatic heterocycles. The van der Waals surface area contributed by atoms with E-state index in [9.17, 15) is 9.59 Å². The molecule has 0 bridgehead atoms. The monoisotopic (exact) mass is 384 g/mol. The predicted molar refractivity (Wildman–Crippen MR) is 108 cm³/mol. The highest BCUT2D eigenvalue weighted by atomic mass is 16.4. The molecule has 2 heterocycles. The van der Waals surface area contributed by atoms with Crippen molar-refractivity contribution in [3.05, 3.63) is 41.6 Å². The Morgan fingerprint density at radius 1 is 1.18 bits per heavy atom. The summed E-state index contributed by atoms with van der Waals surface area (Å²) in [6.45, 7) is 9.14. The summed E-state index contributed by atoms with van der Waals surface area (Å²) in [7, 11) is 0. The van der Waals surface area contributed by atoms with E-state index in [4.69, 9.17) is 10.2 Å². The second-order valence-electron chi connectivity index (χ2n) is 8.39. The van der Waals surface area contributed by atoms with Gasteiger partial charge in [-0.2, -0.15) is 5.10 Å². The Morgan fingerprint density at radius 3 is 2.39 bits per heavy atom. The molecule has 0 aliphatic carbocycles. The van der Waals surface area contributed by atoms with Crippen molar-refractivity contribution in [2.45, 2.75) is 46.0 Å². The molecule has 2 aromatic rings. The van der Waals surface area contributed by atoms with Crippen molar-refractivity contribution in [2.24, 2.45) is 5.92 Å². The third-order valence-corrected chi connectivity index (χ3v) is 5.19. The molecule has 1 aliphatic rings. The number of hydrogen-bond acceptors (Lipinski definition) is 3. The molecule has 0 unspecified atom stereocenters. The lowest BCUT2D eigenvalue weighted by Gasteiger charge is -2.30. The number of aliphatic carboxylic acids is 1. The maximum absolute atomic E-state index is 12.8. The number of urea groups is 1. The molecule has 0 atom stereocenters. The van der Waals surface area contributed by atoms with Crippen molar-refractivity contribution < 1.29 is 14.7 Å². The molecule has 150 valence electrons. The Bertz CT molecular complexity index is 874. The lowest BCUT2D eigenvalue weighted by atomic mass is 9.92. The Morgan fingerprint density at radius 2 is 1.82 bits per heavy atom. The Hall–Kier alpha value is -2.83. The van der Waals surface area contributed by atoms with Crippen molar-refractivity contribution in [3.8, 4) is 5.69 Å². The van der Waals surface area contributed by atoms with E-state index in [-0.39, 0.29) is 17.4 Å². The summed E-state index contributed by atoms with van der Waals surface area (Å²) in [6, 6.07) is 9.59. The first-order chi connectivity index (χ1) is 13.2. The van der Waals surface area contributed by atoms with Crippen molar-refractivity contribution in [3.63, 3.8) is 0 Å². The van der Waals surface area contributed by atoms with E-state index in [1.54, 1.807) is 9.58 Å². The highest BCUT2D eigenvalue weighted by Gasteiger charge is 2.28. The summed E-state index contributed by atoms with van der Waals surface area (Å²) in [4.78, 5) is 25.6. The fraction of sp³-hybridized carbons (Fsp3) is 0.476. The van der Waals surface area contributed by atoms with Crippen molar-refractivity contribution >= 4 is 17.8 Å². The number of benzene rings is 1. The predicted octanol–water partition coefficient (Wildman–Crippen LogP) is 3.81. The number of amides is 2. The number of carbonyl (C=O) groups excluding carboxylic acids is 1. The lowest BCUT2D eigenvalue weighted by molar-refractivity contribution is -0.143. The van der Waals surface area contributed by atoms with Crippen molar-refractivity contribution in [2.75, 3.05) is 18.4 Å². The van der Waals surface area contributed by atoms with E-state index >= 15 is 0 Å². The summed E-state index contributed by atoms with van der Waals surface area (Å²) in [5.74, 6) is -0.536. The van der Waals surface area contributed by atoms with Gasteiger partial charge in [0.1, 0.15) is 5.82 Å². The first-order valence-electron chi connectivity index (χ1n) is 9.62. The van der Waals surface area contributed by atoms with E-state index in [1.807, 2.05) is 37.3 Å². The molecule has 7 nitrogen and oxygen atoms in total. The van der Waals surface area contributed by atoms with Crippen LogP contribution < -0.4 is 5.32 Å². The third kappa shape index (κ3) is 4.18. The summed E-state index contributed by atoms with van der Waals surface area (Å²) in [5, 5.41) is 16.9. The normalized spacial score (nSPS) is 15.5. The average Bonchev–Trinajstić information content (AvgIpc) is 3.06. The molecule has 1 fully saturated rings. The van der Waals surface area contributed by atoms with Gasteiger partial charge in [0.15, 0.2) is 0 Å². The molecule has 7 heteroatoms. The number of carbonyl (C=O) groups is 2. The standard InChI is InChI=1S/C21H28N4O3/c1-14-7-5-6-8-16(14)25-18(13-17(23-25)21(2,3)4)22-20(28)24-11-9-15(10-12-24)19(26)27/h5-8,13,15H,9-12H2,1-4H3,(H,22,28)(H,26,27). The van der Waals surface area contributed by atoms with Gasteiger partial charge in [-0.25, -0.2) is 9.48 Å². The molecular weight excluding hydrogens is 356 g/mol. The number of likely N-dealkylation sites (tertiary alicyclic amines) is 1. The number of para-hydroxylation sites is 1. The van der Waals surface area contributed by atoms with Crippen LogP contribution in [0.5, 0.6) is 0 Å². The van der Waals surface area contributed by atoms with E-state index in [0.29, 0.717) is 31.7 Å². The fourth-order valence-electron chi connectivity index (χ4n) is 3.34. The second-order valence-corrected chi connectivity index (χ2v) is 8.39. The third-order valence-electron chi connectivity index (χ3n) is 5.19. The zero-order valence-electron chi connectivity index (χ0n) is 16.9. The van der Waals surface area contributed by atoms with Gasteiger partial charge < -0.3 is 10.0 Å². The van der Waals surface area contributed by atoms with Crippen molar-refractivity contribution in [1.82, 2.24) is 14.7 Å². The number of nitrogens with one attached hydrogen (secondary N) is 1. The molecule has 0 spiro atoms.